The topological polar surface area (TPSA) is 152 Å². The van der Waals surface area contributed by atoms with Gasteiger partial charge in [-0.05, 0) is 82.6 Å². The van der Waals surface area contributed by atoms with E-state index in [0.717, 1.165) is 28.0 Å². The first kappa shape index (κ1) is 32.0. The summed E-state index contributed by atoms with van der Waals surface area (Å²) in [6, 6.07) is 7.82. The monoisotopic (exact) mass is 629 g/mol. The van der Waals surface area contributed by atoms with E-state index in [1.165, 1.54) is 43.4 Å². The van der Waals surface area contributed by atoms with Gasteiger partial charge in [0.15, 0.2) is 0 Å². The molecular weight excluding hydrogens is 586 g/mol. The summed E-state index contributed by atoms with van der Waals surface area (Å²) >= 11 is 1.45. The summed E-state index contributed by atoms with van der Waals surface area (Å²) < 4.78 is 3.06. The van der Waals surface area contributed by atoms with Gasteiger partial charge < -0.3 is 31.1 Å². The first-order valence-electron chi connectivity index (χ1n) is 15.3. The number of aromatic nitrogens is 3. The lowest BCUT2D eigenvalue weighted by Gasteiger charge is -2.31. The van der Waals surface area contributed by atoms with Gasteiger partial charge in [0.1, 0.15) is 23.2 Å². The maximum absolute atomic E-state index is 10.4. The molecular formula is C33H43N9O2S. The van der Waals surface area contributed by atoms with E-state index in [4.69, 9.17) is 11.1 Å². The zero-order chi connectivity index (χ0) is 32.1. The first-order valence-corrected chi connectivity index (χ1v) is 16.2. The predicted octanol–water partition coefficient (Wildman–Crippen LogP) is 5.97. The second-order valence-corrected chi connectivity index (χ2v) is 12.9. The molecule has 238 valence electrons. The van der Waals surface area contributed by atoms with Crippen molar-refractivity contribution in [3.8, 4) is 0 Å². The molecule has 0 unspecified atom stereocenters. The van der Waals surface area contributed by atoms with Crippen LogP contribution in [0, 0.1) is 18.3 Å². The van der Waals surface area contributed by atoms with Gasteiger partial charge in [-0.1, -0.05) is 42.7 Å². The van der Waals surface area contributed by atoms with Crippen molar-refractivity contribution in [3.05, 3.63) is 83.0 Å². The first-order chi connectivity index (χ1) is 21.6. The van der Waals surface area contributed by atoms with Crippen molar-refractivity contribution >= 4 is 43.9 Å². The van der Waals surface area contributed by atoms with E-state index < -0.39 is 5.95 Å². The summed E-state index contributed by atoms with van der Waals surface area (Å²) in [5.74, 6) is 0.752. The predicted molar refractivity (Wildman–Crippen MR) is 183 cm³/mol. The lowest BCUT2D eigenvalue weighted by molar-refractivity contribution is 0.184. The Hall–Kier alpha value is -4.42. The van der Waals surface area contributed by atoms with Crippen LogP contribution in [0.15, 0.2) is 76.7 Å². The number of fused-ring (bicyclic) bond motifs is 1. The molecule has 1 aliphatic heterocycles. The maximum Gasteiger partial charge on any atom is 0.299 e. The van der Waals surface area contributed by atoms with Gasteiger partial charge in [0.25, 0.3) is 5.95 Å². The molecule has 0 bridgehead atoms. The second kappa shape index (κ2) is 14.1. The van der Waals surface area contributed by atoms with Crippen LogP contribution in [0.3, 0.4) is 0 Å². The minimum Gasteiger partial charge on any atom is -0.480 e. The number of amidine groups is 2. The normalized spacial score (nSPS) is 16.5. The minimum atomic E-state index is -0.829. The number of aliphatic imine (C=N–C) groups is 1. The standard InChI is InChI=1S/C33H43N9O2S/c1-21(31(35)39-33-37-26-12-8-9-13-27(26)45-33)18-28(34)41(17-16-40(3)4)29-15-14-24(30(38-29)32(43)44)25-19-36-42(22(25)2)20-23-10-6-5-7-11-23/h8-9,12-15,18-19,23,34,38,43-44H,5-7,10-11,16-17,20H2,1-4H3,(H2,35,37,39)/b21-18-,34-28?. The van der Waals surface area contributed by atoms with Crippen molar-refractivity contribution in [2.75, 3.05) is 27.2 Å². The summed E-state index contributed by atoms with van der Waals surface area (Å²) in [6.07, 6.45) is 13.4. The average molecular weight is 630 g/mol. The summed E-state index contributed by atoms with van der Waals surface area (Å²) in [4.78, 5) is 12.8. The van der Waals surface area contributed by atoms with Gasteiger partial charge in [0.2, 0.25) is 5.13 Å². The quantitative estimate of drug-likeness (QED) is 0.105. The molecule has 0 saturated heterocycles. The molecule has 0 amide bonds. The summed E-state index contributed by atoms with van der Waals surface area (Å²) in [6.45, 7) is 5.81. The van der Waals surface area contributed by atoms with Gasteiger partial charge in [-0.2, -0.15) is 5.10 Å². The highest BCUT2D eigenvalue weighted by atomic mass is 32.1. The molecule has 6 N–H and O–H groups in total. The van der Waals surface area contributed by atoms with Crippen LogP contribution >= 0.6 is 11.3 Å². The number of nitrogens with zero attached hydrogens (tertiary/aromatic N) is 6. The molecule has 11 nitrogen and oxygen atoms in total. The van der Waals surface area contributed by atoms with Crippen LogP contribution in [0.1, 0.15) is 50.3 Å². The van der Waals surface area contributed by atoms with Crippen molar-refractivity contribution in [1.29, 1.82) is 5.41 Å². The number of aliphatic hydroxyl groups excluding tert-OH is 1. The number of allylic oxidation sites excluding steroid dienone is 3. The maximum atomic E-state index is 10.4. The number of likely N-dealkylation sites (N-methyl/N-ethyl adjacent to an activating group) is 1. The van der Waals surface area contributed by atoms with Crippen LogP contribution in [-0.2, 0) is 6.54 Å². The van der Waals surface area contributed by atoms with Crippen molar-refractivity contribution < 1.29 is 10.2 Å². The highest BCUT2D eigenvalue weighted by Crippen LogP contribution is 2.32. The summed E-state index contributed by atoms with van der Waals surface area (Å²) in [7, 11) is 3.93. The average Bonchev–Trinajstić information content (AvgIpc) is 3.59. The number of nitrogens with two attached hydrogens (primary N) is 1. The number of thiazole rings is 1. The molecule has 3 aromatic rings. The SMILES string of the molecule is CC(=C/C(=N)N(CCN(C)C)C1=CC=C(c2cnn(CC3CCCCC3)c2C)C(=C(O)O)N1)/C(N)=N/c1nc2ccccc2s1. The van der Waals surface area contributed by atoms with Crippen molar-refractivity contribution in [1.82, 2.24) is 29.9 Å². The number of nitrogens with one attached hydrogen (secondary N) is 2. The highest BCUT2D eigenvalue weighted by molar-refractivity contribution is 7.22. The molecule has 3 heterocycles. The van der Waals surface area contributed by atoms with Crippen LogP contribution in [0.5, 0.6) is 0 Å². The number of aliphatic hydroxyl groups is 2. The second-order valence-electron chi connectivity index (χ2n) is 11.9. The van der Waals surface area contributed by atoms with E-state index in [0.29, 0.717) is 41.1 Å². The molecule has 5 rings (SSSR count). The molecule has 1 saturated carbocycles. The van der Waals surface area contributed by atoms with E-state index in [-0.39, 0.29) is 17.4 Å². The smallest absolute Gasteiger partial charge is 0.299 e. The molecule has 12 heteroatoms. The Kier molecular flexibility index (Phi) is 10.0. The molecule has 2 aliphatic rings. The Morgan fingerprint density at radius 1 is 1.18 bits per heavy atom. The van der Waals surface area contributed by atoms with E-state index >= 15 is 0 Å². The fraction of sp³-hybridized carbons (Fsp3) is 0.394. The van der Waals surface area contributed by atoms with Gasteiger partial charge in [0, 0.05) is 36.5 Å². The number of hydrogen-bond acceptors (Lipinski definition) is 9. The van der Waals surface area contributed by atoms with E-state index in [1.54, 1.807) is 17.2 Å². The number of benzene rings is 1. The van der Waals surface area contributed by atoms with E-state index in [9.17, 15) is 10.2 Å². The van der Waals surface area contributed by atoms with Gasteiger partial charge in [-0.25, -0.2) is 9.98 Å². The lowest BCUT2D eigenvalue weighted by atomic mass is 9.89. The molecule has 45 heavy (non-hydrogen) atoms. The highest BCUT2D eigenvalue weighted by Gasteiger charge is 2.26. The number of hydrogen-bond donors (Lipinski definition) is 5. The Morgan fingerprint density at radius 3 is 2.64 bits per heavy atom. The van der Waals surface area contributed by atoms with E-state index in [1.807, 2.05) is 73.9 Å². The fourth-order valence-electron chi connectivity index (χ4n) is 5.68. The summed E-state index contributed by atoms with van der Waals surface area (Å²) in [5, 5.41) is 38.2. The third-order valence-electron chi connectivity index (χ3n) is 8.31. The summed E-state index contributed by atoms with van der Waals surface area (Å²) in [5.41, 5.74) is 10.4. The van der Waals surface area contributed by atoms with E-state index in [2.05, 4.69) is 20.4 Å². The Morgan fingerprint density at radius 2 is 1.93 bits per heavy atom. The van der Waals surface area contributed by atoms with Crippen molar-refractivity contribution in [2.45, 2.75) is 52.5 Å². The van der Waals surface area contributed by atoms with Crippen molar-refractivity contribution in [3.63, 3.8) is 0 Å². The van der Waals surface area contributed by atoms with Crippen molar-refractivity contribution in [2.24, 2.45) is 16.6 Å². The molecule has 1 aliphatic carbocycles. The van der Waals surface area contributed by atoms with Crippen LogP contribution in [0.25, 0.3) is 15.8 Å². The zero-order valence-electron chi connectivity index (χ0n) is 26.4. The van der Waals surface area contributed by atoms with Crippen LogP contribution in [-0.4, -0.2) is 73.6 Å². The third kappa shape index (κ3) is 7.63. The molecule has 0 spiro atoms. The molecule has 0 radical (unpaired) electrons. The lowest BCUT2D eigenvalue weighted by Crippen LogP contribution is -2.40. The van der Waals surface area contributed by atoms with Gasteiger partial charge in [0.05, 0.1) is 16.4 Å². The number of dihydropyridines is 1. The van der Waals surface area contributed by atoms with Crippen LogP contribution in [0.4, 0.5) is 5.13 Å². The molecule has 2 aromatic heterocycles. The Bertz CT molecular complexity index is 1670. The molecule has 1 aromatic carbocycles. The third-order valence-corrected chi connectivity index (χ3v) is 9.24. The zero-order valence-corrected chi connectivity index (χ0v) is 27.2. The Balaban J connectivity index is 1.41. The van der Waals surface area contributed by atoms with Gasteiger partial charge >= 0.3 is 0 Å². The molecule has 0 atom stereocenters. The fourth-order valence-corrected chi connectivity index (χ4v) is 6.53. The number of rotatable bonds is 10. The van der Waals surface area contributed by atoms with Crippen LogP contribution < -0.4 is 11.1 Å². The van der Waals surface area contributed by atoms with Gasteiger partial charge in [-0.15, -0.1) is 0 Å². The molecule has 1 fully saturated rings. The minimum absolute atomic E-state index is 0.160. The largest absolute Gasteiger partial charge is 0.480 e. The van der Waals surface area contributed by atoms with Gasteiger partial charge in [-0.3, -0.25) is 10.1 Å². The van der Waals surface area contributed by atoms with Crippen LogP contribution in [0.2, 0.25) is 0 Å². The Labute approximate surface area is 268 Å². The number of para-hydroxylation sites is 1.